The van der Waals surface area contributed by atoms with Crippen LogP contribution < -0.4 is 4.74 Å². The van der Waals surface area contributed by atoms with Gasteiger partial charge in [-0.1, -0.05) is 0 Å². The Balaban J connectivity index is 2.28. The van der Waals surface area contributed by atoms with E-state index in [9.17, 15) is 0 Å². The van der Waals surface area contributed by atoms with Gasteiger partial charge in [0.15, 0.2) is 0 Å². The molecule has 1 aliphatic rings. The van der Waals surface area contributed by atoms with Gasteiger partial charge >= 0.3 is 0 Å². The van der Waals surface area contributed by atoms with Crippen molar-refractivity contribution in [3.8, 4) is 5.75 Å². The van der Waals surface area contributed by atoms with Gasteiger partial charge in [0.05, 0.1) is 18.3 Å². The molecule has 1 aromatic rings. The Bertz CT molecular complexity index is 382. The number of fused-ring (bicyclic) bond motifs is 1. The highest BCUT2D eigenvalue weighted by molar-refractivity contribution is 9.10. The zero-order valence-corrected chi connectivity index (χ0v) is 11.0. The highest BCUT2D eigenvalue weighted by Crippen LogP contribution is 2.30. The van der Waals surface area contributed by atoms with Gasteiger partial charge in [0.1, 0.15) is 5.75 Å². The zero-order chi connectivity index (χ0) is 11.5. The summed E-state index contributed by atoms with van der Waals surface area (Å²) >= 11 is 3.51. The Morgan fingerprint density at radius 2 is 1.94 bits per heavy atom. The molecule has 0 bridgehead atoms. The van der Waals surface area contributed by atoms with Crippen LogP contribution in [0.25, 0.3) is 0 Å². The predicted octanol–water partition coefficient (Wildman–Crippen LogP) is 1.81. The monoisotopic (exact) mass is 285 g/mol. The van der Waals surface area contributed by atoms with Crippen LogP contribution >= 0.6 is 15.9 Å². The Hall–Kier alpha value is -0.580. The summed E-state index contributed by atoms with van der Waals surface area (Å²) < 4.78 is 6.30. The first kappa shape index (κ1) is 11.9. The normalized spacial score (nSPS) is 16.7. The molecule has 0 fully saturated rings. The van der Waals surface area contributed by atoms with Gasteiger partial charge in [0.25, 0.3) is 0 Å². The van der Waals surface area contributed by atoms with E-state index >= 15 is 0 Å². The lowest BCUT2D eigenvalue weighted by molar-refractivity contribution is 0.112. The fraction of sp³-hybridized carbons (Fsp3) is 0.500. The van der Waals surface area contributed by atoms with Crippen LogP contribution in [-0.2, 0) is 12.8 Å². The molecule has 1 aromatic carbocycles. The van der Waals surface area contributed by atoms with Gasteiger partial charge in [0, 0.05) is 13.1 Å². The van der Waals surface area contributed by atoms with E-state index in [0.29, 0.717) is 0 Å². The van der Waals surface area contributed by atoms with Crippen molar-refractivity contribution in [2.75, 3.05) is 26.9 Å². The first-order valence-electron chi connectivity index (χ1n) is 5.43. The maximum Gasteiger partial charge on any atom is 0.133 e. The lowest BCUT2D eigenvalue weighted by Gasteiger charge is -2.15. The molecule has 0 amide bonds. The number of aliphatic hydroxyl groups excluding tert-OH is 1. The van der Waals surface area contributed by atoms with Gasteiger partial charge in [-0.15, -0.1) is 0 Å². The van der Waals surface area contributed by atoms with Crippen LogP contribution in [0.1, 0.15) is 11.1 Å². The quantitative estimate of drug-likeness (QED) is 0.900. The molecule has 0 saturated heterocycles. The van der Waals surface area contributed by atoms with Crippen LogP contribution in [0.5, 0.6) is 5.75 Å². The third-order valence-electron chi connectivity index (χ3n) is 3.07. The summed E-state index contributed by atoms with van der Waals surface area (Å²) in [5, 5.41) is 9.14. The fourth-order valence-electron chi connectivity index (χ4n) is 2.07. The minimum atomic E-state index is 0.145. The maximum atomic E-state index is 9.14. The SMILES string of the molecule is COc1cc2c(cc1Br)CCN(CO)CC2. The molecule has 1 heterocycles. The van der Waals surface area contributed by atoms with Crippen molar-refractivity contribution in [2.24, 2.45) is 0 Å². The molecule has 1 N–H and O–H groups in total. The average molecular weight is 286 g/mol. The number of nitrogens with zero attached hydrogens (tertiary/aromatic N) is 1. The largest absolute Gasteiger partial charge is 0.496 e. The molecule has 4 heteroatoms. The highest BCUT2D eigenvalue weighted by atomic mass is 79.9. The smallest absolute Gasteiger partial charge is 0.133 e. The Morgan fingerprint density at radius 1 is 1.31 bits per heavy atom. The standard InChI is InChI=1S/C12H16BrNO2/c1-16-12-7-10-3-5-14(8-15)4-2-9(10)6-11(12)13/h6-7,15H,2-5,8H2,1H3. The van der Waals surface area contributed by atoms with Gasteiger partial charge in [-0.05, 0) is 52.0 Å². The van der Waals surface area contributed by atoms with E-state index in [1.54, 1.807) is 7.11 Å². The Morgan fingerprint density at radius 3 is 2.50 bits per heavy atom. The molecule has 0 saturated carbocycles. The number of hydrogen-bond acceptors (Lipinski definition) is 3. The van der Waals surface area contributed by atoms with Gasteiger partial charge in [0.2, 0.25) is 0 Å². The summed E-state index contributed by atoms with van der Waals surface area (Å²) in [4.78, 5) is 2.06. The van der Waals surface area contributed by atoms with Gasteiger partial charge < -0.3 is 9.84 Å². The lowest BCUT2D eigenvalue weighted by Crippen LogP contribution is -2.27. The van der Waals surface area contributed by atoms with Crippen LogP contribution in [-0.4, -0.2) is 36.9 Å². The summed E-state index contributed by atoms with van der Waals surface area (Å²) in [6.45, 7) is 1.98. The van der Waals surface area contributed by atoms with E-state index in [0.717, 1.165) is 36.2 Å². The van der Waals surface area contributed by atoms with E-state index < -0.39 is 0 Å². The molecule has 0 aromatic heterocycles. The fourth-order valence-corrected chi connectivity index (χ4v) is 2.62. The van der Waals surface area contributed by atoms with Gasteiger partial charge in [-0.2, -0.15) is 0 Å². The van der Waals surface area contributed by atoms with E-state index in [4.69, 9.17) is 9.84 Å². The van der Waals surface area contributed by atoms with Crippen molar-refractivity contribution in [2.45, 2.75) is 12.8 Å². The number of hydrogen-bond donors (Lipinski definition) is 1. The van der Waals surface area contributed by atoms with Crippen molar-refractivity contribution < 1.29 is 9.84 Å². The van der Waals surface area contributed by atoms with Crippen molar-refractivity contribution in [3.05, 3.63) is 27.7 Å². The minimum Gasteiger partial charge on any atom is -0.496 e. The highest BCUT2D eigenvalue weighted by Gasteiger charge is 2.15. The molecule has 16 heavy (non-hydrogen) atoms. The van der Waals surface area contributed by atoms with E-state index in [1.807, 2.05) is 0 Å². The van der Waals surface area contributed by atoms with E-state index in [2.05, 4.69) is 33.0 Å². The molecule has 3 nitrogen and oxygen atoms in total. The molecule has 1 aliphatic heterocycles. The summed E-state index contributed by atoms with van der Waals surface area (Å²) in [7, 11) is 1.68. The summed E-state index contributed by atoms with van der Waals surface area (Å²) in [5.74, 6) is 0.885. The number of benzene rings is 1. The zero-order valence-electron chi connectivity index (χ0n) is 9.37. The topological polar surface area (TPSA) is 32.7 Å². The van der Waals surface area contributed by atoms with Crippen LogP contribution in [0.4, 0.5) is 0 Å². The molecule has 0 atom stereocenters. The van der Waals surface area contributed by atoms with Crippen molar-refractivity contribution in [1.82, 2.24) is 4.90 Å². The first-order valence-corrected chi connectivity index (χ1v) is 6.22. The van der Waals surface area contributed by atoms with Crippen molar-refractivity contribution >= 4 is 15.9 Å². The van der Waals surface area contributed by atoms with E-state index in [-0.39, 0.29) is 6.73 Å². The number of rotatable bonds is 2. The summed E-state index contributed by atoms with van der Waals surface area (Å²) in [6.07, 6.45) is 1.96. The average Bonchev–Trinajstić information content (AvgIpc) is 2.49. The number of halogens is 1. The predicted molar refractivity (Wildman–Crippen MR) is 66.8 cm³/mol. The number of ether oxygens (including phenoxy) is 1. The molecular formula is C12H16BrNO2. The first-order chi connectivity index (χ1) is 7.74. The minimum absolute atomic E-state index is 0.145. The van der Waals surface area contributed by atoms with Crippen LogP contribution in [0.15, 0.2) is 16.6 Å². The molecular weight excluding hydrogens is 270 g/mol. The molecule has 0 spiro atoms. The lowest BCUT2D eigenvalue weighted by atomic mass is 10.0. The van der Waals surface area contributed by atoms with Crippen LogP contribution in [0, 0.1) is 0 Å². The summed E-state index contributed by atoms with van der Waals surface area (Å²) in [6, 6.07) is 4.23. The molecule has 2 rings (SSSR count). The second kappa shape index (κ2) is 5.17. The van der Waals surface area contributed by atoms with Gasteiger partial charge in [-0.3, -0.25) is 4.90 Å². The maximum absolute atomic E-state index is 9.14. The van der Waals surface area contributed by atoms with Crippen LogP contribution in [0.2, 0.25) is 0 Å². The van der Waals surface area contributed by atoms with Crippen molar-refractivity contribution in [1.29, 1.82) is 0 Å². The number of aliphatic hydroxyl groups is 1. The molecule has 0 radical (unpaired) electrons. The molecule has 88 valence electrons. The van der Waals surface area contributed by atoms with E-state index in [1.165, 1.54) is 11.1 Å². The van der Waals surface area contributed by atoms with Crippen molar-refractivity contribution in [3.63, 3.8) is 0 Å². The second-order valence-electron chi connectivity index (χ2n) is 4.01. The van der Waals surface area contributed by atoms with Crippen LogP contribution in [0.3, 0.4) is 0 Å². The summed E-state index contributed by atoms with van der Waals surface area (Å²) in [5.41, 5.74) is 2.68. The Labute approximate surface area is 104 Å². The number of methoxy groups -OCH3 is 1. The molecule has 0 unspecified atom stereocenters. The third kappa shape index (κ3) is 2.39. The Kier molecular flexibility index (Phi) is 3.84. The molecule has 0 aliphatic carbocycles. The third-order valence-corrected chi connectivity index (χ3v) is 3.69. The second-order valence-corrected chi connectivity index (χ2v) is 4.87. The van der Waals surface area contributed by atoms with Gasteiger partial charge in [-0.25, -0.2) is 0 Å².